The Bertz CT molecular complexity index is 689. The van der Waals surface area contributed by atoms with Crippen LogP contribution >= 0.6 is 0 Å². The van der Waals surface area contributed by atoms with Crippen molar-refractivity contribution in [2.75, 3.05) is 7.11 Å². The van der Waals surface area contributed by atoms with Gasteiger partial charge in [0.1, 0.15) is 5.75 Å². The van der Waals surface area contributed by atoms with Crippen molar-refractivity contribution >= 4 is 16.8 Å². The van der Waals surface area contributed by atoms with Gasteiger partial charge in [-0.3, -0.25) is 9.78 Å². The fourth-order valence-electron chi connectivity index (χ4n) is 2.73. The van der Waals surface area contributed by atoms with Crippen LogP contribution in [0, 0.1) is 0 Å². The highest BCUT2D eigenvalue weighted by Gasteiger charge is 2.39. The van der Waals surface area contributed by atoms with Gasteiger partial charge in [0.05, 0.1) is 23.8 Å². The number of hydrogen-bond acceptors (Lipinski definition) is 4. The van der Waals surface area contributed by atoms with Crippen molar-refractivity contribution < 1.29 is 14.6 Å². The first-order valence-electron chi connectivity index (χ1n) is 6.94. The maximum atomic E-state index is 12.2. The molecule has 2 aromatic rings. The Morgan fingerprint density at radius 1 is 1.43 bits per heavy atom. The number of carbonyl (C=O) groups excluding carboxylic acids is 1. The van der Waals surface area contributed by atoms with Crippen LogP contribution in [0.2, 0.25) is 0 Å². The third-order valence-corrected chi connectivity index (χ3v) is 3.86. The van der Waals surface area contributed by atoms with Gasteiger partial charge in [0, 0.05) is 23.7 Å². The summed E-state index contributed by atoms with van der Waals surface area (Å²) >= 11 is 0. The van der Waals surface area contributed by atoms with Crippen molar-refractivity contribution in [2.45, 2.75) is 31.4 Å². The van der Waals surface area contributed by atoms with E-state index in [1.165, 1.54) is 0 Å². The van der Waals surface area contributed by atoms with Crippen molar-refractivity contribution in [2.24, 2.45) is 0 Å². The summed E-state index contributed by atoms with van der Waals surface area (Å²) in [4.78, 5) is 16.5. The summed E-state index contributed by atoms with van der Waals surface area (Å²) in [6.07, 6.45) is 2.75. The number of fused-ring (bicyclic) bond motifs is 1. The van der Waals surface area contributed by atoms with E-state index in [1.807, 2.05) is 24.3 Å². The number of nitrogens with one attached hydrogen (secondary N) is 1. The number of nitrogens with zero attached hydrogens (tertiary/aromatic N) is 1. The predicted molar refractivity (Wildman–Crippen MR) is 79.4 cm³/mol. The van der Waals surface area contributed by atoms with Crippen LogP contribution in [0.3, 0.4) is 0 Å². The zero-order chi connectivity index (χ0) is 15.0. The SMILES string of the molecule is COc1ccc2cc(C(=O)NC3CC(C)(O)C3)cnc2c1. The van der Waals surface area contributed by atoms with Crippen molar-refractivity contribution in [3.8, 4) is 5.75 Å². The third-order valence-electron chi connectivity index (χ3n) is 3.86. The predicted octanol–water partition coefficient (Wildman–Crippen LogP) is 1.89. The van der Waals surface area contributed by atoms with E-state index in [0.717, 1.165) is 16.7 Å². The van der Waals surface area contributed by atoms with E-state index >= 15 is 0 Å². The molecule has 5 nitrogen and oxygen atoms in total. The highest BCUT2D eigenvalue weighted by molar-refractivity contribution is 5.97. The molecular weight excluding hydrogens is 268 g/mol. The lowest BCUT2D eigenvalue weighted by Gasteiger charge is -2.41. The number of benzene rings is 1. The largest absolute Gasteiger partial charge is 0.497 e. The van der Waals surface area contributed by atoms with Gasteiger partial charge in [0.15, 0.2) is 0 Å². The molecule has 0 spiro atoms. The van der Waals surface area contributed by atoms with Crippen LogP contribution < -0.4 is 10.1 Å². The maximum Gasteiger partial charge on any atom is 0.253 e. The molecular formula is C16H18N2O3. The molecule has 5 heteroatoms. The van der Waals surface area contributed by atoms with Gasteiger partial charge in [0.25, 0.3) is 5.91 Å². The smallest absolute Gasteiger partial charge is 0.253 e. The van der Waals surface area contributed by atoms with Gasteiger partial charge in [-0.2, -0.15) is 0 Å². The lowest BCUT2D eigenvalue weighted by molar-refractivity contribution is -0.0366. The van der Waals surface area contributed by atoms with Crippen LogP contribution in [0.4, 0.5) is 0 Å². The summed E-state index contributed by atoms with van der Waals surface area (Å²) < 4.78 is 5.15. The van der Waals surface area contributed by atoms with Crippen molar-refractivity contribution in [3.05, 3.63) is 36.0 Å². The molecule has 0 aliphatic heterocycles. The molecule has 1 saturated carbocycles. The number of ether oxygens (including phenoxy) is 1. The maximum absolute atomic E-state index is 12.2. The molecule has 0 radical (unpaired) electrons. The van der Waals surface area contributed by atoms with Crippen LogP contribution in [-0.2, 0) is 0 Å². The fourth-order valence-corrected chi connectivity index (χ4v) is 2.73. The van der Waals surface area contributed by atoms with Crippen molar-refractivity contribution in [3.63, 3.8) is 0 Å². The molecule has 110 valence electrons. The lowest BCUT2D eigenvalue weighted by Crippen LogP contribution is -2.53. The minimum Gasteiger partial charge on any atom is -0.497 e. The van der Waals surface area contributed by atoms with Crippen LogP contribution in [0.1, 0.15) is 30.1 Å². The minimum absolute atomic E-state index is 0.0408. The number of aromatic nitrogens is 1. The Balaban J connectivity index is 1.76. The Morgan fingerprint density at radius 2 is 2.19 bits per heavy atom. The van der Waals surface area contributed by atoms with Crippen molar-refractivity contribution in [1.82, 2.24) is 10.3 Å². The number of amides is 1. The van der Waals surface area contributed by atoms with E-state index < -0.39 is 5.60 Å². The molecule has 0 saturated heterocycles. The van der Waals surface area contributed by atoms with Crippen molar-refractivity contribution in [1.29, 1.82) is 0 Å². The summed E-state index contributed by atoms with van der Waals surface area (Å²) in [5.41, 5.74) is 0.674. The second kappa shape index (κ2) is 5.00. The first-order chi connectivity index (χ1) is 9.97. The molecule has 1 aliphatic rings. The highest BCUT2D eigenvalue weighted by Crippen LogP contribution is 2.31. The van der Waals surface area contributed by atoms with Gasteiger partial charge in [-0.25, -0.2) is 0 Å². The molecule has 1 fully saturated rings. The van der Waals surface area contributed by atoms with Crippen LogP contribution in [-0.4, -0.2) is 34.8 Å². The van der Waals surface area contributed by atoms with E-state index in [1.54, 1.807) is 20.2 Å². The van der Waals surface area contributed by atoms with Gasteiger partial charge in [0.2, 0.25) is 0 Å². The molecule has 1 heterocycles. The van der Waals surface area contributed by atoms with Crippen LogP contribution in [0.25, 0.3) is 10.9 Å². The number of hydrogen-bond donors (Lipinski definition) is 2. The number of pyridine rings is 1. The molecule has 1 aliphatic carbocycles. The summed E-state index contributed by atoms with van der Waals surface area (Å²) in [6, 6.07) is 7.41. The Kier molecular flexibility index (Phi) is 3.29. The van der Waals surface area contributed by atoms with E-state index in [2.05, 4.69) is 10.3 Å². The zero-order valence-corrected chi connectivity index (χ0v) is 12.1. The fraction of sp³-hybridized carbons (Fsp3) is 0.375. The van der Waals surface area contributed by atoms with E-state index in [-0.39, 0.29) is 11.9 Å². The number of aliphatic hydroxyl groups is 1. The monoisotopic (exact) mass is 286 g/mol. The van der Waals surface area contributed by atoms with Gasteiger partial charge in [-0.05, 0) is 38.0 Å². The molecule has 21 heavy (non-hydrogen) atoms. The molecule has 2 N–H and O–H groups in total. The second-order valence-electron chi connectivity index (χ2n) is 5.86. The lowest BCUT2D eigenvalue weighted by atomic mass is 9.77. The van der Waals surface area contributed by atoms with Gasteiger partial charge < -0.3 is 15.2 Å². The van der Waals surface area contributed by atoms with E-state index in [9.17, 15) is 9.90 Å². The quantitative estimate of drug-likeness (QED) is 0.904. The topological polar surface area (TPSA) is 71.5 Å². The number of methoxy groups -OCH3 is 1. The summed E-state index contributed by atoms with van der Waals surface area (Å²) in [5, 5.41) is 13.5. The summed E-state index contributed by atoms with van der Waals surface area (Å²) in [5.74, 6) is 0.588. The Hall–Kier alpha value is -2.14. The molecule has 3 rings (SSSR count). The normalized spacial score (nSPS) is 24.4. The zero-order valence-electron chi connectivity index (χ0n) is 12.1. The highest BCUT2D eigenvalue weighted by atomic mass is 16.5. The first-order valence-corrected chi connectivity index (χ1v) is 6.94. The van der Waals surface area contributed by atoms with Crippen LogP contribution in [0.15, 0.2) is 30.5 Å². The average molecular weight is 286 g/mol. The number of rotatable bonds is 3. The van der Waals surface area contributed by atoms with E-state index in [4.69, 9.17) is 4.74 Å². The third kappa shape index (κ3) is 2.83. The molecule has 1 aromatic heterocycles. The summed E-state index contributed by atoms with van der Waals surface area (Å²) in [7, 11) is 1.61. The Labute approximate surface area is 123 Å². The standard InChI is InChI=1S/C16H18N2O3/c1-16(20)7-12(8-16)18-15(19)11-5-10-3-4-13(21-2)6-14(10)17-9-11/h3-6,9,12,20H,7-8H2,1-2H3,(H,18,19). The molecule has 0 atom stereocenters. The van der Waals surface area contributed by atoms with E-state index in [0.29, 0.717) is 18.4 Å². The minimum atomic E-state index is -0.643. The van der Waals surface area contributed by atoms with Gasteiger partial charge >= 0.3 is 0 Å². The first kappa shape index (κ1) is 13.8. The Morgan fingerprint density at radius 3 is 2.86 bits per heavy atom. The molecule has 0 bridgehead atoms. The van der Waals surface area contributed by atoms with Crippen LogP contribution in [0.5, 0.6) is 5.75 Å². The number of carbonyl (C=O) groups is 1. The molecule has 0 unspecified atom stereocenters. The molecule has 1 aromatic carbocycles. The van der Waals surface area contributed by atoms with Gasteiger partial charge in [-0.1, -0.05) is 0 Å². The summed E-state index contributed by atoms with van der Waals surface area (Å²) in [6.45, 7) is 1.78. The van der Waals surface area contributed by atoms with Gasteiger partial charge in [-0.15, -0.1) is 0 Å². The molecule has 1 amide bonds. The average Bonchev–Trinajstić information content (AvgIpc) is 2.44. The second-order valence-corrected chi connectivity index (χ2v) is 5.86.